The Kier molecular flexibility index (Phi) is 6.51. The molecule has 0 saturated carbocycles. The smallest absolute Gasteiger partial charge is 0.390 e. The maximum absolute atomic E-state index is 14.6. The number of imide groups is 1. The number of amides is 4. The summed E-state index contributed by atoms with van der Waals surface area (Å²) in [5.74, 6) is -2.72. The molecule has 2 aromatic carbocycles. The molecule has 8 nitrogen and oxygen atoms in total. The minimum atomic E-state index is -0.939. The van der Waals surface area contributed by atoms with Gasteiger partial charge in [0, 0.05) is 27.2 Å². The van der Waals surface area contributed by atoms with Crippen molar-refractivity contribution in [3.63, 3.8) is 0 Å². The number of fused-ring (bicyclic) bond motifs is 4. The number of H-pyrrole nitrogens is 1. The predicted molar refractivity (Wildman–Crippen MR) is 160 cm³/mol. The molecular weight excluding hydrogens is 559 g/mol. The largest absolute Gasteiger partial charge is 0.506 e. The maximum atomic E-state index is 14.6. The van der Waals surface area contributed by atoms with Crippen LogP contribution in [0.2, 0.25) is 5.02 Å². The molecule has 4 N–H and O–H groups in total. The van der Waals surface area contributed by atoms with Gasteiger partial charge in [0.25, 0.3) is 5.91 Å². The van der Waals surface area contributed by atoms with Gasteiger partial charge < -0.3 is 15.8 Å². The normalized spacial score (nSPS) is 20.6. The summed E-state index contributed by atoms with van der Waals surface area (Å²) >= 11 is 6.91. The van der Waals surface area contributed by atoms with E-state index in [1.165, 1.54) is 29.8 Å². The number of aryl methyl sites for hydroxylation is 1. The maximum Gasteiger partial charge on any atom is 0.506 e. The lowest BCUT2D eigenvalue weighted by atomic mass is 9.77. The Labute approximate surface area is 247 Å². The van der Waals surface area contributed by atoms with Crippen molar-refractivity contribution in [2.45, 2.75) is 45.6 Å². The predicted octanol–water partition coefficient (Wildman–Crippen LogP) is 5.36. The third-order valence-electron chi connectivity index (χ3n) is 8.91. The fourth-order valence-corrected chi connectivity index (χ4v) is 6.93. The summed E-state index contributed by atoms with van der Waals surface area (Å²) in [5.41, 5.74) is 9.93. The van der Waals surface area contributed by atoms with Crippen molar-refractivity contribution in [1.29, 1.82) is 0 Å². The van der Waals surface area contributed by atoms with E-state index in [0.717, 1.165) is 28.0 Å². The highest BCUT2D eigenvalue weighted by Crippen LogP contribution is 2.46. The zero-order valence-corrected chi connectivity index (χ0v) is 24.5. The van der Waals surface area contributed by atoms with Gasteiger partial charge in [-0.05, 0) is 75.3 Å². The van der Waals surface area contributed by atoms with Crippen LogP contribution >= 0.6 is 11.6 Å². The number of urea groups is 1. The number of anilines is 1. The van der Waals surface area contributed by atoms with Crippen LogP contribution in [0.1, 0.15) is 47.4 Å². The lowest BCUT2D eigenvalue weighted by molar-refractivity contribution is -0.395. The van der Waals surface area contributed by atoms with Crippen LogP contribution in [0.25, 0.3) is 22.0 Å². The second-order valence-corrected chi connectivity index (χ2v) is 12.2. The fourth-order valence-electron chi connectivity index (χ4n) is 6.63. The number of hydrogen-bond donors (Lipinski definition) is 3. The van der Waals surface area contributed by atoms with Crippen LogP contribution in [0.4, 0.5) is 14.9 Å². The number of halogens is 2. The molecule has 2 heterocycles. The molecule has 4 amide bonds. The highest BCUT2D eigenvalue weighted by molar-refractivity contribution is 6.36. The standard InChI is InChI=1S/C32H30ClFN4O4/c1-15-17(7-6-10-24(15)38-30(40)19-8-5-9-22(34)28(19)37(4)31(38)41)25-21(33)14-20(29(35)39)27-26(25)18-12-11-16(32(2,3)42)13-23(18)36-27/h5-10,14,16,19,42H,11-13H2,1-4H3,(H2-,35,36,39)/p+1/t16-,19?/m0/s1. The number of aromatic amines is 1. The number of allylic oxidation sites excluding steroid dienone is 3. The topological polar surface area (TPSA) is 120 Å². The van der Waals surface area contributed by atoms with Gasteiger partial charge in [0.15, 0.2) is 11.5 Å². The molecule has 2 aliphatic carbocycles. The van der Waals surface area contributed by atoms with Crippen LogP contribution in [0.5, 0.6) is 0 Å². The van der Waals surface area contributed by atoms with Crippen LogP contribution in [0.3, 0.4) is 0 Å². The number of nitrogens with two attached hydrogens (primary N) is 1. The lowest BCUT2D eigenvalue weighted by Crippen LogP contribution is -2.54. The van der Waals surface area contributed by atoms with Gasteiger partial charge in [0.1, 0.15) is 11.6 Å². The first kappa shape index (κ1) is 28.1. The summed E-state index contributed by atoms with van der Waals surface area (Å²) in [4.78, 5) is 44.1. The molecule has 3 aliphatic rings. The average Bonchev–Trinajstić information content (AvgIpc) is 3.30. The molecule has 1 aliphatic heterocycles. The van der Waals surface area contributed by atoms with Crippen molar-refractivity contribution in [2.75, 3.05) is 11.9 Å². The van der Waals surface area contributed by atoms with Crippen LogP contribution < -0.4 is 10.6 Å². The van der Waals surface area contributed by atoms with Crippen molar-refractivity contribution in [1.82, 2.24) is 4.98 Å². The van der Waals surface area contributed by atoms with E-state index < -0.39 is 35.2 Å². The summed E-state index contributed by atoms with van der Waals surface area (Å²) in [6.07, 6.45) is 6.25. The molecule has 10 heteroatoms. The molecular formula is C32H31ClFN4O4+. The molecule has 2 atom stereocenters. The number of nitrogens with zero attached hydrogens (tertiary/aromatic N) is 2. The van der Waals surface area contributed by atoms with E-state index in [9.17, 15) is 23.9 Å². The van der Waals surface area contributed by atoms with Gasteiger partial charge in [-0.3, -0.25) is 4.79 Å². The van der Waals surface area contributed by atoms with Gasteiger partial charge >= 0.3 is 11.9 Å². The summed E-state index contributed by atoms with van der Waals surface area (Å²) in [6.45, 7) is 5.40. The molecule has 0 fully saturated rings. The number of carbonyl (C=O) groups excluding carboxylic acids is 3. The van der Waals surface area contributed by atoms with Crippen molar-refractivity contribution in [3.8, 4) is 11.1 Å². The van der Waals surface area contributed by atoms with Gasteiger partial charge in [0.05, 0.1) is 23.7 Å². The van der Waals surface area contributed by atoms with Crippen LogP contribution in [0.15, 0.2) is 48.3 Å². The first-order valence-corrected chi connectivity index (χ1v) is 14.2. The van der Waals surface area contributed by atoms with E-state index in [4.69, 9.17) is 17.3 Å². The Bertz CT molecular complexity index is 1830. The first-order valence-electron chi connectivity index (χ1n) is 13.8. The molecule has 0 spiro atoms. The Morgan fingerprint density at radius 3 is 2.71 bits per heavy atom. The van der Waals surface area contributed by atoms with Crippen molar-refractivity contribution >= 4 is 51.7 Å². The Hall–Kier alpha value is -4.08. The number of nitrogens with one attached hydrogen (secondary N) is 1. The van der Waals surface area contributed by atoms with Crippen LogP contribution in [0, 0.1) is 18.8 Å². The number of primary amides is 1. The minimum absolute atomic E-state index is 0.0161. The molecule has 0 saturated heterocycles. The van der Waals surface area contributed by atoms with E-state index in [1.807, 2.05) is 6.07 Å². The van der Waals surface area contributed by atoms with Gasteiger partial charge in [-0.25, -0.2) is 9.18 Å². The third kappa shape index (κ3) is 4.14. The molecule has 216 valence electrons. The first-order chi connectivity index (χ1) is 19.8. The number of aromatic nitrogens is 1. The molecule has 0 radical (unpaired) electrons. The van der Waals surface area contributed by atoms with Gasteiger partial charge in [-0.1, -0.05) is 35.9 Å². The van der Waals surface area contributed by atoms with Crippen molar-refractivity contribution < 1.29 is 28.5 Å². The van der Waals surface area contributed by atoms with Crippen LogP contribution in [-0.2, 0) is 17.6 Å². The molecule has 1 unspecified atom stereocenters. The molecule has 0 bridgehead atoms. The molecule has 42 heavy (non-hydrogen) atoms. The summed E-state index contributed by atoms with van der Waals surface area (Å²) in [6, 6.07) is 6.14. The zero-order chi connectivity index (χ0) is 30.2. The van der Waals surface area contributed by atoms with E-state index in [-0.39, 0.29) is 17.2 Å². The highest BCUT2D eigenvalue weighted by Gasteiger charge is 2.49. The lowest BCUT2D eigenvalue weighted by Gasteiger charge is -2.32. The van der Waals surface area contributed by atoms with Gasteiger partial charge in [0.2, 0.25) is 0 Å². The van der Waals surface area contributed by atoms with E-state index in [1.54, 1.807) is 39.0 Å². The highest BCUT2D eigenvalue weighted by atomic mass is 35.5. The molecule has 3 aromatic rings. The van der Waals surface area contributed by atoms with E-state index in [0.29, 0.717) is 45.8 Å². The number of carbonyl (C=O) groups is 3. The Balaban J connectivity index is 1.55. The van der Waals surface area contributed by atoms with Crippen molar-refractivity contribution in [3.05, 3.63) is 75.7 Å². The summed E-state index contributed by atoms with van der Waals surface area (Å²) < 4.78 is 15.8. The monoisotopic (exact) mass is 589 g/mol. The molecule has 1 aromatic heterocycles. The Morgan fingerprint density at radius 1 is 1.29 bits per heavy atom. The SMILES string of the molecule is Cc1c(-c2c(Cl)cc(C(N)=O)c3[nH]c4c(c23)CC[C@H](C(C)(C)O)C4)cccc1N1C(=O)C2C=CC=C(F)C2=[N+](C)C1=O. The van der Waals surface area contributed by atoms with E-state index in [2.05, 4.69) is 4.98 Å². The van der Waals surface area contributed by atoms with Crippen molar-refractivity contribution in [2.24, 2.45) is 17.6 Å². The number of rotatable bonds is 4. The Morgan fingerprint density at radius 2 is 2.02 bits per heavy atom. The quantitative estimate of drug-likeness (QED) is 0.355. The van der Waals surface area contributed by atoms with Crippen LogP contribution in [-0.4, -0.2) is 50.9 Å². The number of hydrogen-bond acceptors (Lipinski definition) is 4. The third-order valence-corrected chi connectivity index (χ3v) is 9.20. The molecule has 6 rings (SSSR count). The minimum Gasteiger partial charge on any atom is -0.390 e. The summed E-state index contributed by atoms with van der Waals surface area (Å²) in [7, 11) is 1.45. The fraction of sp³-hybridized carbons (Fsp3) is 0.312. The summed E-state index contributed by atoms with van der Waals surface area (Å²) in [5, 5.41) is 11.8. The average molecular weight is 590 g/mol. The van der Waals surface area contributed by atoms with E-state index >= 15 is 0 Å². The zero-order valence-electron chi connectivity index (χ0n) is 23.7. The number of aliphatic hydroxyl groups is 1. The number of benzene rings is 2. The second-order valence-electron chi connectivity index (χ2n) is 11.8. The van der Waals surface area contributed by atoms with Gasteiger partial charge in [-0.2, -0.15) is 9.37 Å². The second kappa shape index (κ2) is 9.74. The van der Waals surface area contributed by atoms with Gasteiger partial charge in [-0.15, -0.1) is 4.90 Å².